The van der Waals surface area contributed by atoms with Gasteiger partial charge in [-0.1, -0.05) is 207 Å². The Morgan fingerprint density at radius 3 is 0.667 bits per heavy atom. The Morgan fingerprint density at radius 2 is 0.455 bits per heavy atom. The Bertz CT molecular complexity index is 320. The molecular weight excluding hydrogens is 396 g/mol. The zero-order valence-corrected chi connectivity index (χ0v) is 24.1. The summed E-state index contributed by atoms with van der Waals surface area (Å²) in [5, 5.41) is 0. The van der Waals surface area contributed by atoms with Gasteiger partial charge in [0.15, 0.2) is 0 Å². The molecule has 0 saturated carbocycles. The molecule has 0 aliphatic carbocycles. The zero-order chi connectivity index (χ0) is 24.1. The van der Waals surface area contributed by atoms with E-state index in [1.807, 2.05) is 0 Å². The Balaban J connectivity index is 3.09. The van der Waals surface area contributed by atoms with Crippen molar-refractivity contribution >= 4 is 0 Å². The highest BCUT2D eigenvalue weighted by atomic mass is 14.1. The van der Waals surface area contributed by atoms with E-state index in [1.54, 1.807) is 0 Å². The van der Waals surface area contributed by atoms with Crippen molar-refractivity contribution in [2.24, 2.45) is 5.92 Å². The molecule has 0 aromatic rings. The van der Waals surface area contributed by atoms with Crippen molar-refractivity contribution < 1.29 is 0 Å². The minimum Gasteiger partial charge on any atom is -0.0654 e. The molecule has 0 spiro atoms. The predicted molar refractivity (Wildman–Crippen MR) is 154 cm³/mol. The summed E-state index contributed by atoms with van der Waals surface area (Å²) in [5.74, 6) is 0.969. The fourth-order valence-corrected chi connectivity index (χ4v) is 5.34. The van der Waals surface area contributed by atoms with Crippen LogP contribution in [0.5, 0.6) is 0 Å². The standard InChI is InChI=1S/C33H68/c1-4-6-8-10-12-13-14-15-16-17-18-19-20-21-22-23-24-26-28-30-32-33(3)31-29-27-25-11-9-7-5-2/h33H,4-32H2,1-3H3. The Hall–Kier alpha value is 0. The zero-order valence-electron chi connectivity index (χ0n) is 24.1. The second-order valence-corrected chi connectivity index (χ2v) is 11.5. The molecule has 1 unspecified atom stereocenters. The molecular formula is C33H68. The van der Waals surface area contributed by atoms with E-state index in [2.05, 4.69) is 20.8 Å². The first-order chi connectivity index (χ1) is 16.3. The molecule has 0 aromatic heterocycles. The molecule has 33 heavy (non-hydrogen) atoms. The molecule has 200 valence electrons. The van der Waals surface area contributed by atoms with Gasteiger partial charge >= 0.3 is 0 Å². The van der Waals surface area contributed by atoms with Gasteiger partial charge in [0.05, 0.1) is 0 Å². The predicted octanol–water partition coefficient (Wildman–Crippen LogP) is 13.0. The van der Waals surface area contributed by atoms with Crippen LogP contribution in [-0.2, 0) is 0 Å². The number of hydrogen-bond acceptors (Lipinski definition) is 0. The van der Waals surface area contributed by atoms with Crippen molar-refractivity contribution in [2.45, 2.75) is 207 Å². The highest BCUT2D eigenvalue weighted by Gasteiger charge is 2.02. The Kier molecular flexibility index (Phi) is 30.0. The van der Waals surface area contributed by atoms with Crippen LogP contribution in [0.1, 0.15) is 207 Å². The van der Waals surface area contributed by atoms with Gasteiger partial charge in [0.25, 0.3) is 0 Å². The molecule has 0 aliphatic heterocycles. The van der Waals surface area contributed by atoms with Crippen LogP contribution in [0, 0.1) is 5.92 Å². The molecule has 0 radical (unpaired) electrons. The molecule has 0 aliphatic rings. The SMILES string of the molecule is CCCCCCCCCCCCCCCCCCCCCCC(C)CCCCCCCCC. The van der Waals surface area contributed by atoms with Gasteiger partial charge in [-0.15, -0.1) is 0 Å². The summed E-state index contributed by atoms with van der Waals surface area (Å²) in [7, 11) is 0. The molecule has 0 saturated heterocycles. The summed E-state index contributed by atoms with van der Waals surface area (Å²) in [6, 6.07) is 0. The lowest BCUT2D eigenvalue weighted by Gasteiger charge is -2.11. The summed E-state index contributed by atoms with van der Waals surface area (Å²) in [5.41, 5.74) is 0. The summed E-state index contributed by atoms with van der Waals surface area (Å²) >= 11 is 0. The second kappa shape index (κ2) is 30.0. The van der Waals surface area contributed by atoms with Gasteiger partial charge < -0.3 is 0 Å². The Labute approximate surface area is 212 Å². The Morgan fingerprint density at radius 1 is 0.273 bits per heavy atom. The van der Waals surface area contributed by atoms with Crippen molar-refractivity contribution in [3.63, 3.8) is 0 Å². The third kappa shape index (κ3) is 30.0. The summed E-state index contributed by atoms with van der Waals surface area (Å²) < 4.78 is 0. The highest BCUT2D eigenvalue weighted by Crippen LogP contribution is 2.19. The first-order valence-corrected chi connectivity index (χ1v) is 16.3. The van der Waals surface area contributed by atoms with Gasteiger partial charge in [0, 0.05) is 0 Å². The number of hydrogen-bond donors (Lipinski definition) is 0. The smallest absolute Gasteiger partial charge is 0.0443 e. The molecule has 1 atom stereocenters. The van der Waals surface area contributed by atoms with E-state index in [4.69, 9.17) is 0 Å². The van der Waals surface area contributed by atoms with Crippen LogP contribution < -0.4 is 0 Å². The van der Waals surface area contributed by atoms with Gasteiger partial charge in [-0.05, 0) is 5.92 Å². The molecule has 0 heterocycles. The fraction of sp³-hybridized carbons (Fsp3) is 1.00. The first kappa shape index (κ1) is 33.0. The van der Waals surface area contributed by atoms with Gasteiger partial charge in [-0.3, -0.25) is 0 Å². The van der Waals surface area contributed by atoms with Crippen molar-refractivity contribution in [1.29, 1.82) is 0 Å². The third-order valence-electron chi connectivity index (χ3n) is 7.85. The molecule has 0 N–H and O–H groups in total. The largest absolute Gasteiger partial charge is 0.0654 e. The van der Waals surface area contributed by atoms with Crippen LogP contribution in [0.3, 0.4) is 0 Å². The maximum Gasteiger partial charge on any atom is -0.0443 e. The molecule has 0 fully saturated rings. The molecule has 0 aromatic carbocycles. The number of unbranched alkanes of at least 4 members (excludes halogenated alkanes) is 25. The van der Waals surface area contributed by atoms with Crippen LogP contribution in [0.15, 0.2) is 0 Å². The molecule has 0 bridgehead atoms. The first-order valence-electron chi connectivity index (χ1n) is 16.3. The van der Waals surface area contributed by atoms with Crippen molar-refractivity contribution in [1.82, 2.24) is 0 Å². The quantitative estimate of drug-likeness (QED) is 0.0965. The van der Waals surface area contributed by atoms with E-state index in [1.165, 1.54) is 186 Å². The highest BCUT2D eigenvalue weighted by molar-refractivity contribution is 4.56. The lowest BCUT2D eigenvalue weighted by molar-refractivity contribution is 0.430. The summed E-state index contributed by atoms with van der Waals surface area (Å²) in [6.45, 7) is 7.11. The second-order valence-electron chi connectivity index (χ2n) is 11.5. The molecule has 0 amide bonds. The van der Waals surface area contributed by atoms with Gasteiger partial charge in [-0.25, -0.2) is 0 Å². The maximum absolute atomic E-state index is 2.49. The van der Waals surface area contributed by atoms with Crippen molar-refractivity contribution in [3.8, 4) is 0 Å². The van der Waals surface area contributed by atoms with Gasteiger partial charge in [0.1, 0.15) is 0 Å². The van der Waals surface area contributed by atoms with Crippen LogP contribution in [0.4, 0.5) is 0 Å². The average molecular weight is 465 g/mol. The van der Waals surface area contributed by atoms with Gasteiger partial charge in [-0.2, -0.15) is 0 Å². The minimum absolute atomic E-state index is 0.969. The summed E-state index contributed by atoms with van der Waals surface area (Å²) in [4.78, 5) is 0. The van der Waals surface area contributed by atoms with Crippen LogP contribution >= 0.6 is 0 Å². The molecule has 0 nitrogen and oxygen atoms in total. The lowest BCUT2D eigenvalue weighted by Crippen LogP contribution is -1.95. The van der Waals surface area contributed by atoms with E-state index in [0.29, 0.717) is 0 Å². The van der Waals surface area contributed by atoms with Crippen LogP contribution in [0.25, 0.3) is 0 Å². The summed E-state index contributed by atoms with van der Waals surface area (Å²) in [6.07, 6.45) is 42.8. The van der Waals surface area contributed by atoms with Crippen LogP contribution in [0.2, 0.25) is 0 Å². The normalized spacial score (nSPS) is 12.5. The number of rotatable bonds is 29. The van der Waals surface area contributed by atoms with Crippen LogP contribution in [-0.4, -0.2) is 0 Å². The fourth-order valence-electron chi connectivity index (χ4n) is 5.34. The van der Waals surface area contributed by atoms with Gasteiger partial charge in [0.2, 0.25) is 0 Å². The van der Waals surface area contributed by atoms with Crippen molar-refractivity contribution in [3.05, 3.63) is 0 Å². The molecule has 0 rings (SSSR count). The topological polar surface area (TPSA) is 0 Å². The third-order valence-corrected chi connectivity index (χ3v) is 7.85. The maximum atomic E-state index is 2.49. The lowest BCUT2D eigenvalue weighted by atomic mass is 9.95. The monoisotopic (exact) mass is 465 g/mol. The minimum atomic E-state index is 0.969. The van der Waals surface area contributed by atoms with Crippen molar-refractivity contribution in [2.75, 3.05) is 0 Å². The van der Waals surface area contributed by atoms with E-state index in [0.717, 1.165) is 5.92 Å². The van der Waals surface area contributed by atoms with E-state index < -0.39 is 0 Å². The van der Waals surface area contributed by atoms with E-state index in [-0.39, 0.29) is 0 Å². The van der Waals surface area contributed by atoms with E-state index >= 15 is 0 Å². The van der Waals surface area contributed by atoms with E-state index in [9.17, 15) is 0 Å². The molecule has 0 heteroatoms. The average Bonchev–Trinajstić information content (AvgIpc) is 2.82.